The molecule has 0 saturated carbocycles. The molecule has 5 nitrogen and oxygen atoms in total. The van der Waals surface area contributed by atoms with Gasteiger partial charge in [0.2, 0.25) is 5.41 Å². The third-order valence-corrected chi connectivity index (χ3v) is 5.23. The molecule has 1 aliphatic carbocycles. The van der Waals surface area contributed by atoms with Gasteiger partial charge in [-0.05, 0) is 32.4 Å². The highest BCUT2D eigenvalue weighted by atomic mass is 79.9. The number of carbonyl (C=O) groups excluding carboxylic acids is 1. The van der Waals surface area contributed by atoms with Crippen LogP contribution in [0.4, 0.5) is 22.0 Å². The third-order valence-electron chi connectivity index (χ3n) is 4.54. The Kier molecular flexibility index (Phi) is 6.50. The monoisotopic (exact) mass is 517 g/mol. The van der Waals surface area contributed by atoms with Crippen LogP contribution in [0, 0.1) is 28.1 Å². The number of nitriles is 2. The largest absolute Gasteiger partial charge is 0.465 e. The molecule has 1 aromatic rings. The molecule has 0 heterocycles. The van der Waals surface area contributed by atoms with Crippen molar-refractivity contribution in [3.8, 4) is 12.1 Å². The number of alkyl halides is 5. The van der Waals surface area contributed by atoms with Gasteiger partial charge in [0.15, 0.2) is 0 Å². The summed E-state index contributed by atoms with van der Waals surface area (Å²) in [6.07, 6.45) is -6.13. The standard InChI is InChI=1S/C21H17BrF5N3O2/c1-18(2,3)30-16-15(20(23,24)21(25,26)27)13(17(31)32-4)14(19(16,9-28)10-29)11-7-5-6-8-12(11)22/h5-8,30H,1-4H3. The van der Waals surface area contributed by atoms with Crippen LogP contribution in [0.1, 0.15) is 26.3 Å². The van der Waals surface area contributed by atoms with Crippen molar-refractivity contribution in [2.45, 2.75) is 38.4 Å². The molecule has 0 spiro atoms. The summed E-state index contributed by atoms with van der Waals surface area (Å²) in [5.74, 6) is -7.14. The lowest BCUT2D eigenvalue weighted by molar-refractivity contribution is -0.263. The number of halogens is 6. The van der Waals surface area contributed by atoms with Gasteiger partial charge in [-0.15, -0.1) is 0 Å². The highest BCUT2D eigenvalue weighted by Gasteiger charge is 2.67. The molecule has 11 heteroatoms. The van der Waals surface area contributed by atoms with Crippen molar-refractivity contribution < 1.29 is 31.5 Å². The first-order valence-electron chi connectivity index (χ1n) is 8.97. The summed E-state index contributed by atoms with van der Waals surface area (Å²) in [4.78, 5) is 12.6. The molecule has 0 aromatic heterocycles. The fourth-order valence-corrected chi connectivity index (χ4v) is 3.78. The van der Waals surface area contributed by atoms with Crippen LogP contribution in [0.15, 0.2) is 45.6 Å². The Morgan fingerprint density at radius 1 is 1.09 bits per heavy atom. The minimum atomic E-state index is -6.13. The molecule has 1 aromatic carbocycles. The smallest absolute Gasteiger partial charge is 0.458 e. The number of nitrogens with one attached hydrogen (secondary N) is 1. The Labute approximate surface area is 189 Å². The third kappa shape index (κ3) is 3.97. The maximum Gasteiger partial charge on any atom is 0.458 e. The molecule has 0 unspecified atom stereocenters. The lowest BCUT2D eigenvalue weighted by Crippen LogP contribution is -2.45. The first-order valence-corrected chi connectivity index (χ1v) is 9.77. The van der Waals surface area contributed by atoms with E-state index in [2.05, 4.69) is 26.0 Å². The van der Waals surface area contributed by atoms with E-state index in [0.29, 0.717) is 0 Å². The summed E-state index contributed by atoms with van der Waals surface area (Å²) in [5.41, 5.74) is -8.61. The number of esters is 1. The molecular weight excluding hydrogens is 501 g/mol. The lowest BCUT2D eigenvalue weighted by atomic mass is 9.78. The lowest BCUT2D eigenvalue weighted by Gasteiger charge is -2.31. The predicted molar refractivity (Wildman–Crippen MR) is 108 cm³/mol. The second-order valence-corrected chi connectivity index (χ2v) is 8.75. The second-order valence-electron chi connectivity index (χ2n) is 7.89. The van der Waals surface area contributed by atoms with Crippen molar-refractivity contribution in [1.29, 1.82) is 10.5 Å². The molecule has 0 atom stereocenters. The van der Waals surface area contributed by atoms with Gasteiger partial charge in [-0.2, -0.15) is 32.5 Å². The normalized spacial score (nSPS) is 16.5. The molecular formula is C21H17BrF5N3O2. The molecule has 0 radical (unpaired) electrons. The van der Waals surface area contributed by atoms with Gasteiger partial charge in [0.1, 0.15) is 0 Å². The van der Waals surface area contributed by atoms with Gasteiger partial charge >= 0.3 is 18.1 Å². The maximum atomic E-state index is 14.9. The Balaban J connectivity index is 3.21. The summed E-state index contributed by atoms with van der Waals surface area (Å²) < 4.78 is 75.1. The number of methoxy groups -OCH3 is 1. The molecule has 0 aliphatic heterocycles. The Morgan fingerprint density at radius 2 is 1.62 bits per heavy atom. The van der Waals surface area contributed by atoms with Gasteiger partial charge in [0, 0.05) is 15.6 Å². The minimum Gasteiger partial charge on any atom is -0.465 e. The first kappa shape index (κ1) is 25.3. The molecule has 32 heavy (non-hydrogen) atoms. The van der Waals surface area contributed by atoms with Crippen LogP contribution in [0.5, 0.6) is 0 Å². The van der Waals surface area contributed by atoms with Crippen molar-refractivity contribution in [3.63, 3.8) is 0 Å². The van der Waals surface area contributed by atoms with E-state index in [1.165, 1.54) is 45.0 Å². The van der Waals surface area contributed by atoms with E-state index in [0.717, 1.165) is 7.11 Å². The van der Waals surface area contributed by atoms with Gasteiger partial charge in [0.05, 0.1) is 36.1 Å². The maximum absolute atomic E-state index is 14.9. The zero-order valence-corrected chi connectivity index (χ0v) is 18.9. The van der Waals surface area contributed by atoms with E-state index >= 15 is 0 Å². The molecule has 1 aliphatic rings. The van der Waals surface area contributed by atoms with Gasteiger partial charge in [0.25, 0.3) is 0 Å². The van der Waals surface area contributed by atoms with E-state index in [9.17, 15) is 37.3 Å². The fraction of sp³-hybridized carbons (Fsp3) is 0.381. The van der Waals surface area contributed by atoms with Gasteiger partial charge < -0.3 is 10.1 Å². The molecule has 0 fully saturated rings. The van der Waals surface area contributed by atoms with Gasteiger partial charge in [-0.3, -0.25) is 0 Å². The molecule has 0 amide bonds. The van der Waals surface area contributed by atoms with Crippen molar-refractivity contribution >= 4 is 27.5 Å². The van der Waals surface area contributed by atoms with Crippen molar-refractivity contribution in [1.82, 2.24) is 5.32 Å². The van der Waals surface area contributed by atoms with Crippen LogP contribution in [0.3, 0.4) is 0 Å². The summed E-state index contributed by atoms with van der Waals surface area (Å²) in [5, 5.41) is 22.4. The number of allylic oxidation sites excluding steroid dienone is 1. The topological polar surface area (TPSA) is 85.9 Å². The Bertz CT molecular complexity index is 1090. The quantitative estimate of drug-likeness (QED) is 0.434. The Hall–Kier alpha value is -2.92. The van der Waals surface area contributed by atoms with Crippen molar-refractivity contribution in [2.75, 3.05) is 7.11 Å². The predicted octanol–water partition coefficient (Wildman–Crippen LogP) is 5.26. The SMILES string of the molecule is COC(=O)C1=C(c2ccccc2Br)C(C#N)(C#N)C(NC(C)(C)C)=C1C(F)(F)C(F)(F)F. The van der Waals surface area contributed by atoms with Crippen LogP contribution in [-0.4, -0.2) is 30.7 Å². The average molecular weight is 518 g/mol. The summed E-state index contributed by atoms with van der Waals surface area (Å²) in [6.45, 7) is 4.32. The van der Waals surface area contributed by atoms with Gasteiger partial charge in [-0.25, -0.2) is 4.79 Å². The van der Waals surface area contributed by atoms with E-state index in [-0.39, 0.29) is 10.0 Å². The average Bonchev–Trinajstić information content (AvgIpc) is 2.96. The number of hydrogen-bond donors (Lipinski definition) is 1. The second kappa shape index (κ2) is 8.21. The molecule has 1 N–H and O–H groups in total. The molecule has 0 saturated heterocycles. The summed E-state index contributed by atoms with van der Waals surface area (Å²) >= 11 is 3.15. The number of hydrogen-bond acceptors (Lipinski definition) is 5. The molecule has 170 valence electrons. The van der Waals surface area contributed by atoms with Crippen LogP contribution >= 0.6 is 15.9 Å². The highest BCUT2D eigenvalue weighted by Crippen LogP contribution is 2.58. The Morgan fingerprint density at radius 3 is 2.03 bits per heavy atom. The van der Waals surface area contributed by atoms with E-state index < -0.39 is 51.4 Å². The summed E-state index contributed by atoms with van der Waals surface area (Å²) in [7, 11) is 0.798. The van der Waals surface area contributed by atoms with Gasteiger partial charge in [-0.1, -0.05) is 34.1 Å². The van der Waals surface area contributed by atoms with E-state index in [4.69, 9.17) is 0 Å². The van der Waals surface area contributed by atoms with E-state index in [1.54, 1.807) is 12.1 Å². The first-order chi connectivity index (χ1) is 14.6. The number of carbonyl (C=O) groups is 1. The minimum absolute atomic E-state index is 0.0859. The zero-order chi connectivity index (χ0) is 24.7. The summed E-state index contributed by atoms with van der Waals surface area (Å²) in [6, 6.07) is 8.79. The van der Waals surface area contributed by atoms with Crippen LogP contribution in [-0.2, 0) is 9.53 Å². The zero-order valence-electron chi connectivity index (χ0n) is 17.3. The highest BCUT2D eigenvalue weighted by molar-refractivity contribution is 9.10. The van der Waals surface area contributed by atoms with Crippen LogP contribution < -0.4 is 5.32 Å². The fourth-order valence-electron chi connectivity index (χ4n) is 3.29. The van der Waals surface area contributed by atoms with Crippen molar-refractivity contribution in [3.05, 3.63) is 51.1 Å². The van der Waals surface area contributed by atoms with Crippen LogP contribution in [0.2, 0.25) is 0 Å². The van der Waals surface area contributed by atoms with Crippen molar-refractivity contribution in [2.24, 2.45) is 5.41 Å². The van der Waals surface area contributed by atoms with E-state index in [1.807, 2.05) is 0 Å². The van der Waals surface area contributed by atoms with Crippen LogP contribution in [0.25, 0.3) is 5.57 Å². The number of rotatable bonds is 4. The molecule has 0 bridgehead atoms. The molecule has 2 rings (SSSR count). The number of ether oxygens (including phenoxy) is 1. The number of benzene rings is 1. The number of nitrogens with zero attached hydrogens (tertiary/aromatic N) is 2.